The van der Waals surface area contributed by atoms with Gasteiger partial charge in [-0.15, -0.1) is 0 Å². The number of benzene rings is 1. The van der Waals surface area contributed by atoms with Crippen molar-refractivity contribution in [3.05, 3.63) is 59.5 Å². The average molecular weight is 344 g/mol. The number of aliphatic hydroxyl groups excluding tert-OH is 1. The SMILES string of the molecule is NC(=O)c1cccnc1N1CCN(CC(O)c2ccc(F)cc2)CC1. The summed E-state index contributed by atoms with van der Waals surface area (Å²) in [5, 5.41) is 10.3. The Labute approximate surface area is 145 Å². The number of hydrogen-bond acceptors (Lipinski definition) is 5. The van der Waals surface area contributed by atoms with Crippen LogP contribution >= 0.6 is 0 Å². The molecular formula is C18H21FN4O2. The topological polar surface area (TPSA) is 82.7 Å². The van der Waals surface area contributed by atoms with Gasteiger partial charge in [0.25, 0.3) is 5.91 Å². The van der Waals surface area contributed by atoms with Crippen molar-refractivity contribution in [1.29, 1.82) is 0 Å². The van der Waals surface area contributed by atoms with E-state index in [4.69, 9.17) is 5.73 Å². The van der Waals surface area contributed by atoms with Crippen LogP contribution in [0, 0.1) is 5.82 Å². The summed E-state index contributed by atoms with van der Waals surface area (Å²) in [5.74, 6) is -0.198. The van der Waals surface area contributed by atoms with Gasteiger partial charge in [-0.2, -0.15) is 0 Å². The fraction of sp³-hybridized carbons (Fsp3) is 0.333. The number of pyridine rings is 1. The molecule has 25 heavy (non-hydrogen) atoms. The molecule has 0 spiro atoms. The average Bonchev–Trinajstić information content (AvgIpc) is 2.63. The maximum Gasteiger partial charge on any atom is 0.252 e. The third-order valence-corrected chi connectivity index (χ3v) is 4.41. The number of halogens is 1. The Morgan fingerprint density at radius 1 is 1.20 bits per heavy atom. The molecule has 2 heterocycles. The number of carbonyl (C=O) groups is 1. The largest absolute Gasteiger partial charge is 0.387 e. The summed E-state index contributed by atoms with van der Waals surface area (Å²) in [4.78, 5) is 20.0. The van der Waals surface area contributed by atoms with Gasteiger partial charge in [0, 0.05) is 38.9 Å². The van der Waals surface area contributed by atoms with Crippen molar-refractivity contribution >= 4 is 11.7 Å². The molecule has 3 N–H and O–H groups in total. The summed E-state index contributed by atoms with van der Waals surface area (Å²) >= 11 is 0. The number of amides is 1. The van der Waals surface area contributed by atoms with Crippen LogP contribution in [0.1, 0.15) is 22.0 Å². The van der Waals surface area contributed by atoms with Crippen LogP contribution < -0.4 is 10.6 Å². The minimum Gasteiger partial charge on any atom is -0.387 e. The van der Waals surface area contributed by atoms with E-state index in [0.29, 0.717) is 36.6 Å². The monoisotopic (exact) mass is 344 g/mol. The molecule has 1 amide bonds. The Balaban J connectivity index is 1.59. The highest BCUT2D eigenvalue weighted by atomic mass is 19.1. The third kappa shape index (κ3) is 4.12. The van der Waals surface area contributed by atoms with Gasteiger partial charge in [0.2, 0.25) is 0 Å². The lowest BCUT2D eigenvalue weighted by molar-refractivity contribution is 0.0999. The molecular weight excluding hydrogens is 323 g/mol. The van der Waals surface area contributed by atoms with E-state index in [1.165, 1.54) is 12.1 Å². The first-order chi connectivity index (χ1) is 12.0. The number of anilines is 1. The van der Waals surface area contributed by atoms with Crippen LogP contribution in [0.25, 0.3) is 0 Å². The highest BCUT2D eigenvalue weighted by Gasteiger charge is 2.23. The van der Waals surface area contributed by atoms with Gasteiger partial charge in [0.15, 0.2) is 0 Å². The van der Waals surface area contributed by atoms with E-state index in [2.05, 4.69) is 9.88 Å². The van der Waals surface area contributed by atoms with E-state index in [1.807, 2.05) is 4.90 Å². The fourth-order valence-electron chi connectivity index (χ4n) is 3.02. The predicted molar refractivity (Wildman–Crippen MR) is 92.8 cm³/mol. The first kappa shape index (κ1) is 17.3. The van der Waals surface area contributed by atoms with Crippen LogP contribution in [0.4, 0.5) is 10.2 Å². The van der Waals surface area contributed by atoms with E-state index in [9.17, 15) is 14.3 Å². The molecule has 1 aliphatic heterocycles. The van der Waals surface area contributed by atoms with E-state index in [1.54, 1.807) is 30.5 Å². The molecule has 1 saturated heterocycles. The third-order valence-electron chi connectivity index (χ3n) is 4.41. The number of piperazine rings is 1. The van der Waals surface area contributed by atoms with Gasteiger partial charge in [-0.05, 0) is 29.8 Å². The van der Waals surface area contributed by atoms with Gasteiger partial charge in [0.1, 0.15) is 11.6 Å². The lowest BCUT2D eigenvalue weighted by atomic mass is 10.1. The summed E-state index contributed by atoms with van der Waals surface area (Å²) in [6.07, 6.45) is 0.982. The molecule has 1 atom stereocenters. The molecule has 1 aliphatic rings. The molecule has 6 nitrogen and oxygen atoms in total. The zero-order valence-corrected chi connectivity index (χ0v) is 13.8. The number of nitrogens with two attached hydrogens (primary N) is 1. The van der Waals surface area contributed by atoms with Gasteiger partial charge in [-0.3, -0.25) is 9.69 Å². The number of aliphatic hydroxyl groups is 1. The Hall–Kier alpha value is -2.51. The second kappa shape index (κ2) is 7.58. The molecule has 1 aromatic carbocycles. The van der Waals surface area contributed by atoms with E-state index < -0.39 is 12.0 Å². The van der Waals surface area contributed by atoms with Crippen LogP contribution in [0.3, 0.4) is 0 Å². The zero-order valence-electron chi connectivity index (χ0n) is 13.8. The molecule has 7 heteroatoms. The molecule has 1 aromatic heterocycles. The maximum atomic E-state index is 13.0. The summed E-state index contributed by atoms with van der Waals surface area (Å²) in [7, 11) is 0. The Morgan fingerprint density at radius 3 is 2.52 bits per heavy atom. The standard InChI is InChI=1S/C18H21FN4O2/c19-14-5-3-13(4-6-14)16(24)12-22-8-10-23(11-9-22)18-15(17(20)25)2-1-7-21-18/h1-7,16,24H,8-12H2,(H2,20,25). The van der Waals surface area contributed by atoms with Crippen molar-refractivity contribution in [3.8, 4) is 0 Å². The molecule has 1 fully saturated rings. The number of carbonyl (C=O) groups excluding carboxylic acids is 1. The summed E-state index contributed by atoms with van der Waals surface area (Å²) in [6, 6.07) is 9.27. The quantitative estimate of drug-likeness (QED) is 0.851. The highest BCUT2D eigenvalue weighted by molar-refractivity contribution is 5.97. The van der Waals surface area contributed by atoms with Crippen molar-refractivity contribution in [1.82, 2.24) is 9.88 Å². The van der Waals surface area contributed by atoms with Crippen LogP contribution in [0.2, 0.25) is 0 Å². The van der Waals surface area contributed by atoms with Crippen LogP contribution in [-0.2, 0) is 0 Å². The Bertz CT molecular complexity index is 730. The van der Waals surface area contributed by atoms with Crippen molar-refractivity contribution < 1.29 is 14.3 Å². The smallest absolute Gasteiger partial charge is 0.252 e. The number of hydrogen-bond donors (Lipinski definition) is 2. The summed E-state index contributed by atoms with van der Waals surface area (Å²) in [6.45, 7) is 3.31. The molecule has 0 radical (unpaired) electrons. The van der Waals surface area contributed by atoms with Crippen molar-refractivity contribution in [3.63, 3.8) is 0 Å². The Kier molecular flexibility index (Phi) is 5.25. The van der Waals surface area contributed by atoms with Crippen LogP contribution in [0.15, 0.2) is 42.6 Å². The lowest BCUT2D eigenvalue weighted by Crippen LogP contribution is -2.48. The van der Waals surface area contributed by atoms with Crippen molar-refractivity contribution in [2.24, 2.45) is 5.73 Å². The lowest BCUT2D eigenvalue weighted by Gasteiger charge is -2.36. The fourth-order valence-corrected chi connectivity index (χ4v) is 3.02. The number of β-amino-alcohol motifs (C(OH)–C–C–N with tert-alkyl or cyclic N) is 1. The van der Waals surface area contributed by atoms with Gasteiger partial charge in [0.05, 0.1) is 11.7 Å². The second-order valence-electron chi connectivity index (χ2n) is 6.09. The minimum absolute atomic E-state index is 0.315. The predicted octanol–water partition coefficient (Wildman–Crippen LogP) is 1.18. The maximum absolute atomic E-state index is 13.0. The summed E-state index contributed by atoms with van der Waals surface area (Å²) < 4.78 is 13.0. The van der Waals surface area contributed by atoms with Gasteiger partial charge in [-0.25, -0.2) is 9.37 Å². The number of primary amides is 1. The molecule has 0 bridgehead atoms. The number of nitrogens with zero attached hydrogens (tertiary/aromatic N) is 3. The minimum atomic E-state index is -0.664. The second-order valence-corrected chi connectivity index (χ2v) is 6.09. The molecule has 0 saturated carbocycles. The van der Waals surface area contributed by atoms with Gasteiger partial charge >= 0.3 is 0 Å². The first-order valence-corrected chi connectivity index (χ1v) is 8.20. The van der Waals surface area contributed by atoms with E-state index >= 15 is 0 Å². The zero-order chi connectivity index (χ0) is 17.8. The highest BCUT2D eigenvalue weighted by Crippen LogP contribution is 2.20. The molecule has 2 aromatic rings. The van der Waals surface area contributed by atoms with Crippen molar-refractivity contribution in [2.45, 2.75) is 6.10 Å². The summed E-state index contributed by atoms with van der Waals surface area (Å²) in [5.41, 5.74) is 6.53. The van der Waals surface area contributed by atoms with Crippen molar-refractivity contribution in [2.75, 3.05) is 37.6 Å². The van der Waals surface area contributed by atoms with Crippen LogP contribution in [-0.4, -0.2) is 53.6 Å². The number of rotatable bonds is 5. The number of aromatic nitrogens is 1. The van der Waals surface area contributed by atoms with Gasteiger partial charge < -0.3 is 15.7 Å². The Morgan fingerprint density at radius 2 is 1.88 bits per heavy atom. The van der Waals surface area contributed by atoms with E-state index in [-0.39, 0.29) is 5.82 Å². The van der Waals surface area contributed by atoms with Gasteiger partial charge in [-0.1, -0.05) is 12.1 Å². The molecule has 3 rings (SSSR count). The van der Waals surface area contributed by atoms with E-state index in [0.717, 1.165) is 13.1 Å². The molecule has 1 unspecified atom stereocenters. The normalized spacial score (nSPS) is 16.6. The van der Waals surface area contributed by atoms with Crippen LogP contribution in [0.5, 0.6) is 0 Å². The molecule has 132 valence electrons. The molecule has 0 aliphatic carbocycles. The first-order valence-electron chi connectivity index (χ1n) is 8.20.